The molecular weight excluding hydrogens is 242 g/mol. The van der Waals surface area contributed by atoms with Gasteiger partial charge < -0.3 is 5.32 Å². The normalized spacial score (nSPS) is 12.1. The number of aromatic nitrogens is 1. The number of pyridine rings is 1. The Morgan fingerprint density at radius 1 is 1.26 bits per heavy atom. The summed E-state index contributed by atoms with van der Waals surface area (Å²) < 4.78 is 0. The molecule has 2 rings (SSSR count). The summed E-state index contributed by atoms with van der Waals surface area (Å²) in [5, 5.41) is 13.9. The monoisotopic (exact) mass is 257 g/mol. The molecule has 1 heterocycles. The number of benzene rings is 1. The van der Waals surface area contributed by atoms with Crippen molar-refractivity contribution < 1.29 is 4.92 Å². The zero-order chi connectivity index (χ0) is 13.7. The average Bonchev–Trinajstić information content (AvgIpc) is 2.46. The van der Waals surface area contributed by atoms with E-state index >= 15 is 0 Å². The van der Waals surface area contributed by atoms with Gasteiger partial charge in [0.2, 0.25) is 0 Å². The van der Waals surface area contributed by atoms with Crippen molar-refractivity contribution >= 4 is 5.69 Å². The summed E-state index contributed by atoms with van der Waals surface area (Å²) >= 11 is 0. The van der Waals surface area contributed by atoms with Gasteiger partial charge in [0, 0.05) is 30.9 Å². The second-order valence-electron chi connectivity index (χ2n) is 4.28. The highest BCUT2D eigenvalue weighted by Gasteiger charge is 2.07. The number of nitro groups is 1. The molecule has 1 atom stereocenters. The second-order valence-corrected chi connectivity index (χ2v) is 4.28. The summed E-state index contributed by atoms with van der Waals surface area (Å²) in [5.74, 6) is 0. The third-order valence-corrected chi connectivity index (χ3v) is 2.89. The predicted octanol–water partition coefficient (Wildman–Crippen LogP) is 2.84. The molecular formula is C14H15N3O2. The molecule has 1 aromatic heterocycles. The van der Waals surface area contributed by atoms with Crippen LogP contribution in [0, 0.1) is 10.1 Å². The second kappa shape index (κ2) is 6.06. The van der Waals surface area contributed by atoms with E-state index in [1.807, 2.05) is 25.1 Å². The van der Waals surface area contributed by atoms with E-state index in [2.05, 4.69) is 10.3 Å². The summed E-state index contributed by atoms with van der Waals surface area (Å²) in [7, 11) is 0. The van der Waals surface area contributed by atoms with Crippen LogP contribution in [0.4, 0.5) is 5.69 Å². The smallest absolute Gasteiger partial charge is 0.269 e. The minimum Gasteiger partial charge on any atom is -0.305 e. The van der Waals surface area contributed by atoms with E-state index in [-0.39, 0.29) is 11.7 Å². The first kappa shape index (κ1) is 13.2. The topological polar surface area (TPSA) is 68.1 Å². The molecule has 0 spiro atoms. The average molecular weight is 257 g/mol. The van der Waals surface area contributed by atoms with Crippen LogP contribution in [0.2, 0.25) is 0 Å². The van der Waals surface area contributed by atoms with Crippen molar-refractivity contribution in [2.45, 2.75) is 19.5 Å². The first-order chi connectivity index (χ1) is 9.16. The molecule has 1 unspecified atom stereocenters. The minimum atomic E-state index is -0.395. The molecule has 5 nitrogen and oxygen atoms in total. The van der Waals surface area contributed by atoms with Crippen LogP contribution in [0.3, 0.4) is 0 Å². The Balaban J connectivity index is 1.93. The van der Waals surface area contributed by atoms with Gasteiger partial charge in [-0.3, -0.25) is 15.1 Å². The van der Waals surface area contributed by atoms with Gasteiger partial charge in [-0.25, -0.2) is 0 Å². The first-order valence-corrected chi connectivity index (χ1v) is 6.04. The maximum absolute atomic E-state index is 10.5. The lowest BCUT2D eigenvalue weighted by molar-refractivity contribution is -0.384. The Kier molecular flexibility index (Phi) is 4.20. The Hall–Kier alpha value is -2.27. The van der Waals surface area contributed by atoms with Gasteiger partial charge in [0.15, 0.2) is 0 Å². The molecule has 1 N–H and O–H groups in total. The summed E-state index contributed by atoms with van der Waals surface area (Å²) in [5.41, 5.74) is 2.10. The van der Waals surface area contributed by atoms with E-state index in [1.165, 1.54) is 12.1 Å². The molecule has 0 aliphatic heterocycles. The van der Waals surface area contributed by atoms with E-state index in [1.54, 1.807) is 18.3 Å². The van der Waals surface area contributed by atoms with Crippen LogP contribution < -0.4 is 5.32 Å². The predicted molar refractivity (Wildman–Crippen MR) is 72.6 cm³/mol. The maximum Gasteiger partial charge on any atom is 0.269 e. The van der Waals surface area contributed by atoms with Crippen molar-refractivity contribution in [2.24, 2.45) is 0 Å². The van der Waals surface area contributed by atoms with Gasteiger partial charge >= 0.3 is 0 Å². The van der Waals surface area contributed by atoms with E-state index in [0.29, 0.717) is 6.54 Å². The van der Waals surface area contributed by atoms with E-state index in [9.17, 15) is 10.1 Å². The lowest BCUT2D eigenvalue weighted by Gasteiger charge is -2.13. The fourth-order valence-corrected chi connectivity index (χ4v) is 1.74. The highest BCUT2D eigenvalue weighted by molar-refractivity contribution is 5.32. The van der Waals surface area contributed by atoms with Gasteiger partial charge in [-0.1, -0.05) is 18.2 Å². The molecule has 0 amide bonds. The zero-order valence-corrected chi connectivity index (χ0v) is 10.6. The van der Waals surface area contributed by atoms with Crippen LogP contribution in [0.5, 0.6) is 0 Å². The maximum atomic E-state index is 10.5. The molecule has 0 radical (unpaired) electrons. The van der Waals surface area contributed by atoms with Crippen LogP contribution in [0.1, 0.15) is 24.2 Å². The SMILES string of the molecule is CC(NCc1ccc([N+](=O)[O-])cc1)c1ccccn1. The van der Waals surface area contributed by atoms with Crippen molar-refractivity contribution in [2.75, 3.05) is 0 Å². The van der Waals surface area contributed by atoms with Crippen LogP contribution in [0.25, 0.3) is 0 Å². The fourth-order valence-electron chi connectivity index (χ4n) is 1.74. The summed E-state index contributed by atoms with van der Waals surface area (Å²) in [6.45, 7) is 2.68. The summed E-state index contributed by atoms with van der Waals surface area (Å²) in [6.07, 6.45) is 1.76. The van der Waals surface area contributed by atoms with Crippen molar-refractivity contribution in [1.29, 1.82) is 0 Å². The minimum absolute atomic E-state index is 0.113. The van der Waals surface area contributed by atoms with Crippen LogP contribution >= 0.6 is 0 Å². The van der Waals surface area contributed by atoms with Crippen molar-refractivity contribution in [3.8, 4) is 0 Å². The molecule has 1 aromatic carbocycles. The lowest BCUT2D eigenvalue weighted by Crippen LogP contribution is -2.18. The number of hydrogen-bond acceptors (Lipinski definition) is 4. The number of rotatable bonds is 5. The quantitative estimate of drug-likeness (QED) is 0.660. The molecule has 0 bridgehead atoms. The highest BCUT2D eigenvalue weighted by atomic mass is 16.6. The number of hydrogen-bond donors (Lipinski definition) is 1. The van der Waals surface area contributed by atoms with Gasteiger partial charge in [0.05, 0.1) is 10.6 Å². The standard InChI is InChI=1S/C14H15N3O2/c1-11(14-4-2-3-9-15-14)16-10-12-5-7-13(8-6-12)17(18)19/h2-9,11,16H,10H2,1H3. The number of non-ortho nitro benzene ring substituents is 1. The van der Waals surface area contributed by atoms with Gasteiger partial charge in [-0.15, -0.1) is 0 Å². The third-order valence-electron chi connectivity index (χ3n) is 2.89. The first-order valence-electron chi connectivity index (χ1n) is 6.04. The number of nitrogens with zero attached hydrogens (tertiary/aromatic N) is 2. The Morgan fingerprint density at radius 3 is 2.58 bits per heavy atom. The molecule has 0 saturated heterocycles. The van der Waals surface area contributed by atoms with Crippen molar-refractivity contribution in [1.82, 2.24) is 10.3 Å². The van der Waals surface area contributed by atoms with Crippen LogP contribution in [0.15, 0.2) is 48.7 Å². The Labute approximate surface area is 111 Å². The Bertz CT molecular complexity index is 540. The van der Waals surface area contributed by atoms with Crippen LogP contribution in [-0.2, 0) is 6.54 Å². The molecule has 0 fully saturated rings. The Morgan fingerprint density at radius 2 is 2.00 bits per heavy atom. The number of nitro benzene ring substituents is 1. The molecule has 0 aliphatic carbocycles. The third kappa shape index (κ3) is 3.59. The zero-order valence-electron chi connectivity index (χ0n) is 10.6. The van der Waals surface area contributed by atoms with E-state index in [4.69, 9.17) is 0 Å². The van der Waals surface area contributed by atoms with Crippen LogP contribution in [-0.4, -0.2) is 9.91 Å². The molecule has 19 heavy (non-hydrogen) atoms. The number of nitrogens with one attached hydrogen (secondary N) is 1. The van der Waals surface area contributed by atoms with E-state index < -0.39 is 4.92 Å². The molecule has 2 aromatic rings. The molecule has 0 saturated carbocycles. The van der Waals surface area contributed by atoms with Crippen molar-refractivity contribution in [3.63, 3.8) is 0 Å². The van der Waals surface area contributed by atoms with Gasteiger partial charge in [0.1, 0.15) is 0 Å². The molecule has 98 valence electrons. The van der Waals surface area contributed by atoms with Gasteiger partial charge in [-0.2, -0.15) is 0 Å². The summed E-state index contributed by atoms with van der Waals surface area (Å²) in [6, 6.07) is 12.5. The largest absolute Gasteiger partial charge is 0.305 e. The summed E-state index contributed by atoms with van der Waals surface area (Å²) in [4.78, 5) is 14.4. The van der Waals surface area contributed by atoms with Gasteiger partial charge in [-0.05, 0) is 24.6 Å². The molecule has 0 aliphatic rings. The van der Waals surface area contributed by atoms with Gasteiger partial charge in [0.25, 0.3) is 5.69 Å². The van der Waals surface area contributed by atoms with E-state index in [0.717, 1.165) is 11.3 Å². The fraction of sp³-hybridized carbons (Fsp3) is 0.214. The molecule has 5 heteroatoms. The highest BCUT2D eigenvalue weighted by Crippen LogP contribution is 2.13. The van der Waals surface area contributed by atoms with Crippen molar-refractivity contribution in [3.05, 3.63) is 70.0 Å². The lowest BCUT2D eigenvalue weighted by atomic mass is 10.1.